The molecular formula is C25H31N5O4. The van der Waals surface area contributed by atoms with Crippen molar-refractivity contribution in [3.8, 4) is 11.8 Å². The monoisotopic (exact) mass is 465 g/mol. The van der Waals surface area contributed by atoms with E-state index >= 15 is 0 Å². The second-order valence-corrected chi connectivity index (χ2v) is 8.99. The van der Waals surface area contributed by atoms with Crippen molar-refractivity contribution in [2.24, 2.45) is 0 Å². The molecule has 4 heterocycles. The van der Waals surface area contributed by atoms with Crippen LogP contribution in [0.3, 0.4) is 0 Å². The predicted molar refractivity (Wildman–Crippen MR) is 124 cm³/mol. The Hall–Kier alpha value is -3.54. The number of hydrogen-bond donors (Lipinski definition) is 0. The molecule has 0 aliphatic carbocycles. The van der Waals surface area contributed by atoms with Gasteiger partial charge in [-0.2, -0.15) is 5.26 Å². The van der Waals surface area contributed by atoms with Crippen molar-refractivity contribution >= 4 is 12.0 Å². The highest BCUT2D eigenvalue weighted by molar-refractivity contribution is 5.92. The van der Waals surface area contributed by atoms with Gasteiger partial charge in [0.15, 0.2) is 0 Å². The minimum absolute atomic E-state index is 0.0265. The van der Waals surface area contributed by atoms with Gasteiger partial charge in [0.25, 0.3) is 5.91 Å². The van der Waals surface area contributed by atoms with Crippen LogP contribution in [0.1, 0.15) is 61.2 Å². The maximum absolute atomic E-state index is 13.2. The largest absolute Gasteiger partial charge is 0.489 e. The fourth-order valence-electron chi connectivity index (χ4n) is 5.05. The molecule has 1 saturated heterocycles. The van der Waals surface area contributed by atoms with E-state index < -0.39 is 5.54 Å². The standard InChI is InChI=1S/C25H31N5O4/c1-5-33-24(32)30-15-14-29-19(16-26)6-9-22(29)25(30)10-12-28(13-11-25)23(31)20-7-8-21(18(4)27-20)34-17(2)3/h6-9,17H,5,10-15H2,1-4H3. The van der Waals surface area contributed by atoms with Crippen LogP contribution < -0.4 is 4.74 Å². The van der Waals surface area contributed by atoms with Crippen LogP contribution in [0.5, 0.6) is 5.75 Å². The van der Waals surface area contributed by atoms with Crippen LogP contribution >= 0.6 is 0 Å². The average molecular weight is 466 g/mol. The van der Waals surface area contributed by atoms with Crippen LogP contribution in [0.2, 0.25) is 0 Å². The number of pyridine rings is 1. The maximum Gasteiger partial charge on any atom is 0.410 e. The number of hydrogen-bond acceptors (Lipinski definition) is 6. The smallest absolute Gasteiger partial charge is 0.410 e. The number of carbonyl (C=O) groups excluding carboxylic acids is 2. The molecule has 0 atom stereocenters. The number of likely N-dealkylation sites (tertiary alicyclic amines) is 1. The number of aryl methyl sites for hydroxylation is 1. The van der Waals surface area contributed by atoms with E-state index in [-0.39, 0.29) is 18.1 Å². The Bertz CT molecular complexity index is 1120. The minimum atomic E-state index is -0.616. The summed E-state index contributed by atoms with van der Waals surface area (Å²) in [5.74, 6) is 0.533. The van der Waals surface area contributed by atoms with Gasteiger partial charge >= 0.3 is 6.09 Å². The zero-order valence-corrected chi connectivity index (χ0v) is 20.2. The summed E-state index contributed by atoms with van der Waals surface area (Å²) in [6.45, 7) is 9.75. The van der Waals surface area contributed by atoms with Crippen molar-refractivity contribution in [1.29, 1.82) is 5.26 Å². The number of amides is 2. The molecule has 2 aliphatic rings. The summed E-state index contributed by atoms with van der Waals surface area (Å²) in [4.78, 5) is 34.2. The zero-order chi connectivity index (χ0) is 24.5. The molecule has 1 fully saturated rings. The van der Waals surface area contributed by atoms with Crippen LogP contribution in [0.25, 0.3) is 0 Å². The van der Waals surface area contributed by atoms with Gasteiger partial charge in [0, 0.05) is 31.9 Å². The summed E-state index contributed by atoms with van der Waals surface area (Å²) in [7, 11) is 0. The predicted octanol–water partition coefficient (Wildman–Crippen LogP) is 3.45. The molecule has 2 aliphatic heterocycles. The van der Waals surface area contributed by atoms with Crippen LogP contribution in [0, 0.1) is 18.3 Å². The first kappa shape index (κ1) is 23.6. The Morgan fingerprint density at radius 1 is 1.15 bits per heavy atom. The first-order valence-electron chi connectivity index (χ1n) is 11.8. The Morgan fingerprint density at radius 2 is 1.88 bits per heavy atom. The second-order valence-electron chi connectivity index (χ2n) is 8.99. The Labute approximate surface area is 199 Å². The molecule has 34 heavy (non-hydrogen) atoms. The molecule has 2 aromatic rings. The molecule has 2 amide bonds. The van der Waals surface area contributed by atoms with Crippen molar-refractivity contribution < 1.29 is 19.1 Å². The van der Waals surface area contributed by atoms with E-state index in [0.717, 1.165) is 5.69 Å². The lowest BCUT2D eigenvalue weighted by Gasteiger charge is -2.51. The van der Waals surface area contributed by atoms with Crippen LogP contribution in [0.4, 0.5) is 4.79 Å². The van der Waals surface area contributed by atoms with Crippen molar-refractivity contribution in [3.05, 3.63) is 47.0 Å². The van der Waals surface area contributed by atoms with Gasteiger partial charge in [0.2, 0.25) is 0 Å². The second kappa shape index (κ2) is 9.37. The van der Waals surface area contributed by atoms with E-state index in [0.29, 0.717) is 68.5 Å². The highest BCUT2D eigenvalue weighted by Crippen LogP contribution is 2.43. The molecule has 0 radical (unpaired) electrons. The molecule has 0 saturated carbocycles. The number of rotatable bonds is 4. The third kappa shape index (κ3) is 4.09. The number of ether oxygens (including phenoxy) is 2. The fraction of sp³-hybridized carbons (Fsp3) is 0.520. The summed E-state index contributed by atoms with van der Waals surface area (Å²) >= 11 is 0. The molecule has 0 N–H and O–H groups in total. The van der Waals surface area contributed by atoms with Gasteiger partial charge in [-0.05, 0) is 64.8 Å². The van der Waals surface area contributed by atoms with E-state index in [9.17, 15) is 14.9 Å². The lowest BCUT2D eigenvalue weighted by Crippen LogP contribution is -2.60. The molecule has 0 unspecified atom stereocenters. The van der Waals surface area contributed by atoms with E-state index in [1.807, 2.05) is 31.4 Å². The summed E-state index contributed by atoms with van der Waals surface area (Å²) in [6.07, 6.45) is 0.782. The van der Waals surface area contributed by atoms with Gasteiger partial charge < -0.3 is 18.9 Å². The van der Waals surface area contributed by atoms with E-state index in [2.05, 4.69) is 11.1 Å². The van der Waals surface area contributed by atoms with E-state index in [1.165, 1.54) is 0 Å². The highest BCUT2D eigenvalue weighted by Gasteiger charge is 2.49. The number of piperidine rings is 1. The van der Waals surface area contributed by atoms with Crippen LogP contribution in [-0.2, 0) is 16.8 Å². The van der Waals surface area contributed by atoms with Crippen molar-refractivity contribution in [1.82, 2.24) is 19.4 Å². The van der Waals surface area contributed by atoms with Gasteiger partial charge in [0.05, 0.1) is 23.9 Å². The molecule has 180 valence electrons. The number of nitrogens with zero attached hydrogens (tertiary/aromatic N) is 5. The molecule has 2 aromatic heterocycles. The van der Waals surface area contributed by atoms with Gasteiger partial charge in [0.1, 0.15) is 23.2 Å². The Morgan fingerprint density at radius 3 is 2.50 bits per heavy atom. The quantitative estimate of drug-likeness (QED) is 0.686. The summed E-state index contributed by atoms with van der Waals surface area (Å²) in [5.41, 5.74) is 1.95. The normalized spacial score (nSPS) is 16.8. The van der Waals surface area contributed by atoms with Crippen molar-refractivity contribution in [2.75, 3.05) is 26.2 Å². The van der Waals surface area contributed by atoms with Crippen molar-refractivity contribution in [3.63, 3.8) is 0 Å². The van der Waals surface area contributed by atoms with Crippen LogP contribution in [-0.4, -0.2) is 63.7 Å². The number of nitriles is 1. The molecular weight excluding hydrogens is 434 g/mol. The molecule has 0 aromatic carbocycles. The Kier molecular flexibility index (Phi) is 6.51. The van der Waals surface area contributed by atoms with Gasteiger partial charge in [-0.25, -0.2) is 9.78 Å². The number of carbonyl (C=O) groups is 2. The summed E-state index contributed by atoms with van der Waals surface area (Å²) < 4.78 is 13.1. The fourth-order valence-corrected chi connectivity index (χ4v) is 5.05. The molecule has 4 rings (SSSR count). The molecule has 9 nitrogen and oxygen atoms in total. The lowest BCUT2D eigenvalue weighted by molar-refractivity contribution is -0.00469. The zero-order valence-electron chi connectivity index (χ0n) is 20.2. The van der Waals surface area contributed by atoms with Gasteiger partial charge in [-0.1, -0.05) is 0 Å². The van der Waals surface area contributed by atoms with Gasteiger partial charge in [-0.15, -0.1) is 0 Å². The highest BCUT2D eigenvalue weighted by atomic mass is 16.6. The van der Waals surface area contributed by atoms with E-state index in [1.54, 1.807) is 34.9 Å². The first-order valence-corrected chi connectivity index (χ1v) is 11.8. The summed E-state index contributed by atoms with van der Waals surface area (Å²) in [6, 6.07) is 9.47. The maximum atomic E-state index is 13.2. The third-order valence-corrected chi connectivity index (χ3v) is 6.62. The third-order valence-electron chi connectivity index (χ3n) is 6.62. The molecule has 1 spiro atoms. The van der Waals surface area contributed by atoms with Crippen molar-refractivity contribution in [2.45, 2.75) is 58.7 Å². The average Bonchev–Trinajstić information content (AvgIpc) is 3.25. The Balaban J connectivity index is 1.57. The first-order chi connectivity index (χ1) is 16.3. The van der Waals surface area contributed by atoms with Crippen LogP contribution in [0.15, 0.2) is 24.3 Å². The summed E-state index contributed by atoms with van der Waals surface area (Å²) in [5, 5.41) is 9.51. The topological polar surface area (TPSA) is 101 Å². The molecule has 0 bridgehead atoms. The van der Waals surface area contributed by atoms with E-state index in [4.69, 9.17) is 9.47 Å². The molecule has 9 heteroatoms. The van der Waals surface area contributed by atoms with Gasteiger partial charge in [-0.3, -0.25) is 9.69 Å². The lowest BCUT2D eigenvalue weighted by atomic mass is 9.81. The minimum Gasteiger partial charge on any atom is -0.489 e. The number of fused-ring (bicyclic) bond motifs is 2. The number of aromatic nitrogens is 2. The SMILES string of the molecule is CCOC(=O)N1CCn2c(C#N)ccc2C12CCN(C(=O)c1ccc(OC(C)C)c(C)n1)CC2.